The predicted octanol–water partition coefficient (Wildman–Crippen LogP) is 1.84. The van der Waals surface area contributed by atoms with Gasteiger partial charge in [0.1, 0.15) is 0 Å². The topological polar surface area (TPSA) is 69.6 Å². The summed E-state index contributed by atoms with van der Waals surface area (Å²) >= 11 is 0. The third-order valence-electron chi connectivity index (χ3n) is 3.18. The highest BCUT2D eigenvalue weighted by Crippen LogP contribution is 2.06. The van der Waals surface area contributed by atoms with E-state index in [9.17, 15) is 9.59 Å². The van der Waals surface area contributed by atoms with Crippen LogP contribution in [0.5, 0.6) is 0 Å². The van der Waals surface area contributed by atoms with E-state index in [0.717, 1.165) is 19.6 Å². The number of hydrogen-bond donors (Lipinski definition) is 2. The monoisotopic (exact) mass is 278 g/mol. The van der Waals surface area contributed by atoms with Gasteiger partial charge in [-0.3, -0.25) is 4.79 Å². The third kappa shape index (κ3) is 4.66. The van der Waals surface area contributed by atoms with E-state index in [2.05, 4.69) is 24.1 Å². The number of nitrogens with one attached hydrogen (secondary N) is 1. The van der Waals surface area contributed by atoms with Crippen molar-refractivity contribution in [3.8, 4) is 0 Å². The second kappa shape index (κ2) is 7.65. The Morgan fingerprint density at radius 2 is 1.85 bits per heavy atom. The lowest BCUT2D eigenvalue weighted by molar-refractivity contribution is 0.0697. The number of carboxylic acids is 1. The van der Waals surface area contributed by atoms with Crippen LogP contribution in [0.25, 0.3) is 0 Å². The van der Waals surface area contributed by atoms with E-state index in [4.69, 9.17) is 5.11 Å². The summed E-state index contributed by atoms with van der Waals surface area (Å²) in [5.74, 6) is -1.27. The highest BCUT2D eigenvalue weighted by atomic mass is 16.4. The number of carbonyl (C=O) groups is 2. The van der Waals surface area contributed by atoms with Gasteiger partial charge in [0.25, 0.3) is 5.91 Å². The zero-order chi connectivity index (χ0) is 15.1. The Morgan fingerprint density at radius 3 is 2.40 bits per heavy atom. The van der Waals surface area contributed by atoms with Crippen molar-refractivity contribution in [1.82, 2.24) is 10.2 Å². The Morgan fingerprint density at radius 1 is 1.25 bits per heavy atom. The molecule has 0 fully saturated rings. The predicted molar refractivity (Wildman–Crippen MR) is 78.1 cm³/mol. The number of carbonyl (C=O) groups excluding carboxylic acids is 1. The van der Waals surface area contributed by atoms with Crippen molar-refractivity contribution in [2.75, 3.05) is 19.6 Å². The Kier molecular flexibility index (Phi) is 6.18. The normalized spacial score (nSPS) is 12.2. The van der Waals surface area contributed by atoms with E-state index in [0.29, 0.717) is 5.56 Å². The summed E-state index contributed by atoms with van der Waals surface area (Å²) in [7, 11) is 0. The SMILES string of the molecule is CCN(CC)CC(C)NC(=O)c1cccc(C(=O)O)c1. The molecule has 1 rings (SSSR count). The van der Waals surface area contributed by atoms with Crippen LogP contribution in [0.4, 0.5) is 0 Å². The van der Waals surface area contributed by atoms with E-state index in [-0.39, 0.29) is 17.5 Å². The fraction of sp³-hybridized carbons (Fsp3) is 0.467. The van der Waals surface area contributed by atoms with Crippen LogP contribution in [0, 0.1) is 0 Å². The second-order valence-electron chi connectivity index (χ2n) is 4.75. The summed E-state index contributed by atoms with van der Waals surface area (Å²) in [5.41, 5.74) is 0.491. The van der Waals surface area contributed by atoms with Crippen molar-refractivity contribution in [1.29, 1.82) is 0 Å². The second-order valence-corrected chi connectivity index (χ2v) is 4.75. The molecule has 0 bridgehead atoms. The first-order chi connectivity index (χ1) is 9.47. The number of hydrogen-bond acceptors (Lipinski definition) is 3. The molecule has 0 aromatic heterocycles. The van der Waals surface area contributed by atoms with Gasteiger partial charge in [-0.1, -0.05) is 19.9 Å². The van der Waals surface area contributed by atoms with Gasteiger partial charge in [0.05, 0.1) is 5.56 Å². The van der Waals surface area contributed by atoms with Gasteiger partial charge in [-0.15, -0.1) is 0 Å². The van der Waals surface area contributed by atoms with Crippen molar-refractivity contribution in [3.63, 3.8) is 0 Å². The van der Waals surface area contributed by atoms with E-state index in [1.54, 1.807) is 12.1 Å². The maximum atomic E-state index is 12.1. The molecule has 0 aliphatic carbocycles. The molecular weight excluding hydrogens is 256 g/mol. The van der Waals surface area contributed by atoms with Gasteiger partial charge in [-0.05, 0) is 38.2 Å². The van der Waals surface area contributed by atoms with E-state index in [1.807, 2.05) is 6.92 Å². The minimum atomic E-state index is -1.03. The number of likely N-dealkylation sites (N-methyl/N-ethyl adjacent to an activating group) is 1. The standard InChI is InChI=1S/C15H22N2O3/c1-4-17(5-2)10-11(3)16-14(18)12-7-6-8-13(9-12)15(19)20/h6-9,11H,4-5,10H2,1-3H3,(H,16,18)(H,19,20). The molecule has 110 valence electrons. The maximum absolute atomic E-state index is 12.1. The summed E-state index contributed by atoms with van der Waals surface area (Å²) in [4.78, 5) is 25.2. The first-order valence-corrected chi connectivity index (χ1v) is 6.84. The Labute approximate surface area is 119 Å². The van der Waals surface area contributed by atoms with Gasteiger partial charge >= 0.3 is 5.97 Å². The van der Waals surface area contributed by atoms with Gasteiger partial charge < -0.3 is 15.3 Å². The molecule has 5 nitrogen and oxygen atoms in total. The van der Waals surface area contributed by atoms with Crippen LogP contribution in [0.3, 0.4) is 0 Å². The fourth-order valence-corrected chi connectivity index (χ4v) is 2.02. The van der Waals surface area contributed by atoms with Crippen LogP contribution in [-0.4, -0.2) is 47.6 Å². The average molecular weight is 278 g/mol. The first-order valence-electron chi connectivity index (χ1n) is 6.84. The van der Waals surface area contributed by atoms with Crippen molar-refractivity contribution in [3.05, 3.63) is 35.4 Å². The highest BCUT2D eigenvalue weighted by molar-refractivity contribution is 5.97. The van der Waals surface area contributed by atoms with Crippen molar-refractivity contribution < 1.29 is 14.7 Å². The molecule has 0 saturated carbocycles. The number of aromatic carboxylic acids is 1. The minimum Gasteiger partial charge on any atom is -0.478 e. The van der Waals surface area contributed by atoms with Crippen LogP contribution < -0.4 is 5.32 Å². The Hall–Kier alpha value is -1.88. The smallest absolute Gasteiger partial charge is 0.335 e. The number of amides is 1. The van der Waals surface area contributed by atoms with Gasteiger partial charge in [-0.2, -0.15) is 0 Å². The van der Waals surface area contributed by atoms with Gasteiger partial charge in [0.15, 0.2) is 0 Å². The number of benzene rings is 1. The zero-order valence-corrected chi connectivity index (χ0v) is 12.2. The van der Waals surface area contributed by atoms with Crippen molar-refractivity contribution >= 4 is 11.9 Å². The molecule has 5 heteroatoms. The summed E-state index contributed by atoms with van der Waals surface area (Å²) in [5, 5.41) is 11.8. The maximum Gasteiger partial charge on any atom is 0.335 e. The average Bonchev–Trinajstić information content (AvgIpc) is 2.44. The lowest BCUT2D eigenvalue weighted by Crippen LogP contribution is -2.41. The first kappa shape index (κ1) is 16.2. The van der Waals surface area contributed by atoms with E-state index in [1.165, 1.54) is 12.1 Å². The van der Waals surface area contributed by atoms with Crippen molar-refractivity contribution in [2.45, 2.75) is 26.8 Å². The van der Waals surface area contributed by atoms with E-state index < -0.39 is 5.97 Å². The third-order valence-corrected chi connectivity index (χ3v) is 3.18. The molecule has 1 amide bonds. The molecule has 1 atom stereocenters. The minimum absolute atomic E-state index is 0.0101. The molecule has 20 heavy (non-hydrogen) atoms. The van der Waals surface area contributed by atoms with Crippen molar-refractivity contribution in [2.24, 2.45) is 0 Å². The Balaban J connectivity index is 2.66. The van der Waals surface area contributed by atoms with Crippen LogP contribution in [0.2, 0.25) is 0 Å². The molecule has 0 aliphatic rings. The molecule has 0 heterocycles. The van der Waals surface area contributed by atoms with Crippen LogP contribution in [0.1, 0.15) is 41.5 Å². The van der Waals surface area contributed by atoms with Crippen LogP contribution in [-0.2, 0) is 0 Å². The lowest BCUT2D eigenvalue weighted by atomic mass is 10.1. The molecule has 1 aromatic rings. The molecule has 0 saturated heterocycles. The molecule has 0 aliphatic heterocycles. The van der Waals surface area contributed by atoms with Gasteiger partial charge in [0.2, 0.25) is 0 Å². The van der Waals surface area contributed by atoms with Crippen LogP contribution >= 0.6 is 0 Å². The summed E-state index contributed by atoms with van der Waals surface area (Å²) in [6.45, 7) is 8.74. The molecular formula is C15H22N2O3. The molecule has 0 spiro atoms. The number of carboxylic acid groups (broad SMARTS) is 1. The molecule has 1 aromatic carbocycles. The molecule has 0 radical (unpaired) electrons. The number of nitrogens with zero attached hydrogens (tertiary/aromatic N) is 1. The largest absolute Gasteiger partial charge is 0.478 e. The van der Waals surface area contributed by atoms with Crippen LogP contribution in [0.15, 0.2) is 24.3 Å². The summed E-state index contributed by atoms with van der Waals surface area (Å²) < 4.78 is 0. The summed E-state index contributed by atoms with van der Waals surface area (Å²) in [6.07, 6.45) is 0. The number of rotatable bonds is 7. The Bertz CT molecular complexity index is 470. The molecule has 2 N–H and O–H groups in total. The lowest BCUT2D eigenvalue weighted by Gasteiger charge is -2.23. The van der Waals surface area contributed by atoms with E-state index >= 15 is 0 Å². The zero-order valence-electron chi connectivity index (χ0n) is 12.2. The van der Waals surface area contributed by atoms with Gasteiger partial charge in [-0.25, -0.2) is 4.79 Å². The summed E-state index contributed by atoms with van der Waals surface area (Å²) in [6, 6.07) is 6.07. The van der Waals surface area contributed by atoms with Gasteiger partial charge in [0, 0.05) is 18.2 Å². The quantitative estimate of drug-likeness (QED) is 0.798. The molecule has 1 unspecified atom stereocenters. The highest BCUT2D eigenvalue weighted by Gasteiger charge is 2.13. The fourth-order valence-electron chi connectivity index (χ4n) is 2.02.